The summed E-state index contributed by atoms with van der Waals surface area (Å²) in [4.78, 5) is 30.1. The number of carbonyl (C=O) groups is 2. The first-order chi connectivity index (χ1) is 8.77. The molecule has 0 aromatic carbocycles. The third-order valence-corrected chi connectivity index (χ3v) is 3.91. The second-order valence-electron chi connectivity index (χ2n) is 5.92. The molecule has 1 unspecified atom stereocenters. The van der Waals surface area contributed by atoms with Gasteiger partial charge in [-0.1, -0.05) is 20.8 Å². The molecule has 1 atom stereocenters. The molecule has 6 heteroatoms. The summed E-state index contributed by atoms with van der Waals surface area (Å²) < 4.78 is 0. The first kappa shape index (κ1) is 14.0. The van der Waals surface area contributed by atoms with Gasteiger partial charge >= 0.3 is 0 Å². The van der Waals surface area contributed by atoms with Crippen LogP contribution in [0.2, 0.25) is 0 Å². The van der Waals surface area contributed by atoms with Gasteiger partial charge in [0.25, 0.3) is 0 Å². The van der Waals surface area contributed by atoms with Crippen LogP contribution in [0, 0.1) is 12.3 Å². The Hall–Kier alpha value is -1.43. The zero-order valence-electron chi connectivity index (χ0n) is 11.7. The number of piperazine rings is 1. The lowest BCUT2D eigenvalue weighted by Crippen LogP contribution is -2.61. The van der Waals surface area contributed by atoms with Crippen molar-refractivity contribution < 1.29 is 9.59 Å². The van der Waals surface area contributed by atoms with Crippen LogP contribution in [0.1, 0.15) is 31.5 Å². The Morgan fingerprint density at radius 3 is 2.68 bits per heavy atom. The molecule has 2 amide bonds. The molecule has 19 heavy (non-hydrogen) atoms. The largest absolute Gasteiger partial charge is 0.342 e. The molecule has 1 aromatic heterocycles. The minimum atomic E-state index is -0.464. The Morgan fingerprint density at radius 1 is 1.47 bits per heavy atom. The summed E-state index contributed by atoms with van der Waals surface area (Å²) in [6, 6.07) is -0.464. The first-order valence-corrected chi connectivity index (χ1v) is 7.14. The number of carbonyl (C=O) groups excluding carboxylic acids is 2. The number of nitrogens with one attached hydrogen (secondary N) is 1. The summed E-state index contributed by atoms with van der Waals surface area (Å²) in [5.41, 5.74) is 0.557. The van der Waals surface area contributed by atoms with Crippen molar-refractivity contribution in [3.8, 4) is 0 Å². The van der Waals surface area contributed by atoms with Gasteiger partial charge in [-0.15, -0.1) is 11.3 Å². The molecular formula is C13H19N3O2S. The van der Waals surface area contributed by atoms with Crippen LogP contribution >= 0.6 is 11.3 Å². The van der Waals surface area contributed by atoms with E-state index in [-0.39, 0.29) is 23.8 Å². The van der Waals surface area contributed by atoms with Crippen molar-refractivity contribution in [2.45, 2.75) is 40.3 Å². The maximum absolute atomic E-state index is 12.4. The maximum atomic E-state index is 12.4. The molecule has 1 aromatic rings. The maximum Gasteiger partial charge on any atom is 0.246 e. The van der Waals surface area contributed by atoms with Crippen LogP contribution in [-0.2, 0) is 16.1 Å². The third-order valence-electron chi connectivity index (χ3n) is 3.08. The van der Waals surface area contributed by atoms with Crippen molar-refractivity contribution in [1.82, 2.24) is 15.2 Å². The average molecular weight is 281 g/mol. The van der Waals surface area contributed by atoms with Crippen LogP contribution in [-0.4, -0.2) is 34.3 Å². The number of rotatable bonds is 2. The summed E-state index contributed by atoms with van der Waals surface area (Å²) in [6.07, 6.45) is 0. The Balaban J connectivity index is 2.16. The zero-order chi connectivity index (χ0) is 14.2. The lowest BCUT2D eigenvalue weighted by molar-refractivity contribution is -0.148. The van der Waals surface area contributed by atoms with Crippen LogP contribution in [0.3, 0.4) is 0 Å². The molecule has 0 saturated carbocycles. The molecular weight excluding hydrogens is 262 g/mol. The van der Waals surface area contributed by atoms with E-state index in [4.69, 9.17) is 0 Å². The molecule has 1 saturated heterocycles. The summed E-state index contributed by atoms with van der Waals surface area (Å²) in [5, 5.41) is 5.68. The van der Waals surface area contributed by atoms with Gasteiger partial charge in [-0.05, 0) is 12.3 Å². The van der Waals surface area contributed by atoms with Crippen LogP contribution in [0.4, 0.5) is 0 Å². The van der Waals surface area contributed by atoms with Crippen molar-refractivity contribution in [2.24, 2.45) is 5.41 Å². The van der Waals surface area contributed by atoms with Crippen molar-refractivity contribution in [2.75, 3.05) is 6.54 Å². The fraction of sp³-hybridized carbons (Fsp3) is 0.615. The van der Waals surface area contributed by atoms with Gasteiger partial charge in [0, 0.05) is 5.38 Å². The normalized spacial score (nSPS) is 20.6. The molecule has 1 aliphatic heterocycles. The van der Waals surface area contributed by atoms with Crippen molar-refractivity contribution in [1.29, 1.82) is 0 Å². The molecule has 5 nitrogen and oxygen atoms in total. The number of hydrogen-bond donors (Lipinski definition) is 1. The van der Waals surface area contributed by atoms with E-state index in [1.165, 1.54) is 0 Å². The third kappa shape index (κ3) is 3.12. The zero-order valence-corrected chi connectivity index (χ0v) is 12.5. The van der Waals surface area contributed by atoms with Gasteiger partial charge < -0.3 is 10.2 Å². The predicted octanol–water partition coefficient (Wildman–Crippen LogP) is 1.32. The van der Waals surface area contributed by atoms with E-state index >= 15 is 0 Å². The molecule has 2 heterocycles. The molecule has 1 N–H and O–H groups in total. The van der Waals surface area contributed by atoms with Crippen LogP contribution in [0.15, 0.2) is 5.38 Å². The summed E-state index contributed by atoms with van der Waals surface area (Å²) in [6.45, 7) is 8.30. The topological polar surface area (TPSA) is 62.3 Å². The molecule has 0 bridgehead atoms. The van der Waals surface area contributed by atoms with Crippen LogP contribution in [0.5, 0.6) is 0 Å². The number of nitrogens with zero attached hydrogens (tertiary/aromatic N) is 2. The molecule has 0 spiro atoms. The highest BCUT2D eigenvalue weighted by Gasteiger charge is 2.39. The van der Waals surface area contributed by atoms with Crippen LogP contribution in [0.25, 0.3) is 0 Å². The standard InChI is InChI=1S/C13H19N3O2S/c1-8-14-9(7-19-8)5-16-6-10(17)15-11(12(16)18)13(2,3)4/h7,11H,5-6H2,1-4H3,(H,15,17). The Labute approximate surface area is 117 Å². The van der Waals surface area contributed by atoms with E-state index in [2.05, 4.69) is 10.3 Å². The van der Waals surface area contributed by atoms with Crippen molar-refractivity contribution >= 4 is 23.2 Å². The van der Waals surface area contributed by atoms with Gasteiger partial charge in [0.1, 0.15) is 12.6 Å². The molecule has 104 valence electrons. The number of aryl methyl sites for hydroxylation is 1. The second-order valence-corrected chi connectivity index (χ2v) is 6.98. The highest BCUT2D eigenvalue weighted by molar-refractivity contribution is 7.09. The number of thiazole rings is 1. The number of aromatic nitrogens is 1. The van der Waals surface area contributed by atoms with Crippen LogP contribution < -0.4 is 5.32 Å². The van der Waals surface area contributed by atoms with E-state index in [9.17, 15) is 9.59 Å². The SMILES string of the molecule is Cc1nc(CN2CC(=O)NC(C(C)(C)C)C2=O)cs1. The Morgan fingerprint density at radius 2 is 2.16 bits per heavy atom. The molecule has 1 aliphatic rings. The van der Waals surface area contributed by atoms with Gasteiger partial charge in [0.15, 0.2) is 0 Å². The number of hydrogen-bond acceptors (Lipinski definition) is 4. The smallest absolute Gasteiger partial charge is 0.246 e. The quantitative estimate of drug-likeness (QED) is 0.889. The molecule has 2 rings (SSSR count). The molecule has 0 aliphatic carbocycles. The highest BCUT2D eigenvalue weighted by atomic mass is 32.1. The summed E-state index contributed by atoms with van der Waals surface area (Å²) >= 11 is 1.55. The van der Waals surface area contributed by atoms with Gasteiger partial charge in [0.2, 0.25) is 11.8 Å². The average Bonchev–Trinajstić information content (AvgIpc) is 2.67. The first-order valence-electron chi connectivity index (χ1n) is 6.26. The van der Waals surface area contributed by atoms with Gasteiger partial charge in [-0.3, -0.25) is 9.59 Å². The molecule has 1 fully saturated rings. The highest BCUT2D eigenvalue weighted by Crippen LogP contribution is 2.24. The fourth-order valence-corrected chi connectivity index (χ4v) is 2.70. The van der Waals surface area contributed by atoms with Crippen molar-refractivity contribution in [3.05, 3.63) is 16.1 Å². The van der Waals surface area contributed by atoms with Gasteiger partial charge in [0.05, 0.1) is 17.2 Å². The van der Waals surface area contributed by atoms with Gasteiger partial charge in [-0.2, -0.15) is 0 Å². The van der Waals surface area contributed by atoms with E-state index in [0.29, 0.717) is 6.54 Å². The lowest BCUT2D eigenvalue weighted by atomic mass is 9.85. The molecule has 0 radical (unpaired) electrons. The van der Waals surface area contributed by atoms with Gasteiger partial charge in [-0.25, -0.2) is 4.98 Å². The minimum Gasteiger partial charge on any atom is -0.342 e. The fourth-order valence-electron chi connectivity index (χ4n) is 2.10. The van der Waals surface area contributed by atoms with Crippen molar-refractivity contribution in [3.63, 3.8) is 0 Å². The Kier molecular flexibility index (Phi) is 3.62. The van der Waals surface area contributed by atoms with E-state index in [1.807, 2.05) is 33.1 Å². The Bertz CT molecular complexity index is 504. The monoisotopic (exact) mass is 281 g/mol. The minimum absolute atomic E-state index is 0.0299. The second kappa shape index (κ2) is 4.92. The summed E-state index contributed by atoms with van der Waals surface area (Å²) in [5.74, 6) is -0.135. The van der Waals surface area contributed by atoms with E-state index in [0.717, 1.165) is 10.7 Å². The predicted molar refractivity (Wildman–Crippen MR) is 73.7 cm³/mol. The van der Waals surface area contributed by atoms with E-state index in [1.54, 1.807) is 16.2 Å². The lowest BCUT2D eigenvalue weighted by Gasteiger charge is -2.38. The number of amides is 2. The summed E-state index contributed by atoms with van der Waals surface area (Å²) in [7, 11) is 0. The van der Waals surface area contributed by atoms with E-state index < -0.39 is 6.04 Å².